The number of H-pyrrole nitrogens is 1. The van der Waals surface area contributed by atoms with Crippen molar-refractivity contribution in [2.45, 2.75) is 12.5 Å². The van der Waals surface area contributed by atoms with Crippen LogP contribution in [0.25, 0.3) is 10.9 Å². The Morgan fingerprint density at radius 1 is 1.04 bits per heavy atom. The number of para-hydroxylation sites is 1. The van der Waals surface area contributed by atoms with Gasteiger partial charge in [-0.3, -0.25) is 4.79 Å². The maximum atomic E-state index is 12.1. The second-order valence-electron chi connectivity index (χ2n) is 5.27. The summed E-state index contributed by atoms with van der Waals surface area (Å²) >= 11 is 0. The molecule has 0 spiro atoms. The highest BCUT2D eigenvalue weighted by Gasteiger charge is 2.17. The van der Waals surface area contributed by atoms with E-state index in [-0.39, 0.29) is 6.42 Å². The number of carbonyl (C=O) groups excluding carboxylic acids is 2. The average Bonchev–Trinajstić information content (AvgIpc) is 2.98. The molecule has 0 fully saturated rings. The van der Waals surface area contributed by atoms with E-state index in [1.54, 1.807) is 36.5 Å². The topological polar surface area (TPSA) is 85.0 Å². The van der Waals surface area contributed by atoms with E-state index in [9.17, 15) is 14.7 Å². The molecule has 0 bridgehead atoms. The number of benzene rings is 2. The van der Waals surface area contributed by atoms with Gasteiger partial charge in [-0.2, -0.15) is 0 Å². The highest BCUT2D eigenvalue weighted by atomic mass is 16.4. The van der Waals surface area contributed by atoms with Gasteiger partial charge in [0.2, 0.25) is 0 Å². The van der Waals surface area contributed by atoms with Crippen molar-refractivity contribution in [3.8, 4) is 0 Å². The Labute approximate surface area is 133 Å². The first-order chi connectivity index (χ1) is 11.1. The third kappa shape index (κ3) is 3.23. The third-order valence-corrected chi connectivity index (χ3v) is 3.72. The lowest BCUT2D eigenvalue weighted by Crippen LogP contribution is -2.49. The Morgan fingerprint density at radius 2 is 1.74 bits per heavy atom. The Bertz CT molecular complexity index is 840. The van der Waals surface area contributed by atoms with Gasteiger partial charge in [-0.15, -0.1) is 0 Å². The molecule has 1 atom stereocenters. The van der Waals surface area contributed by atoms with Crippen LogP contribution in [0.5, 0.6) is 0 Å². The van der Waals surface area contributed by atoms with Crippen LogP contribution in [0, 0.1) is 0 Å². The van der Waals surface area contributed by atoms with Crippen LogP contribution in [0.4, 0.5) is 0 Å². The first-order valence-electron chi connectivity index (χ1n) is 7.27. The maximum Gasteiger partial charge on any atom is 0.251 e. The Balaban J connectivity index is 1.80. The van der Waals surface area contributed by atoms with Crippen LogP contribution in [-0.4, -0.2) is 22.9 Å². The first-order valence-corrected chi connectivity index (χ1v) is 7.27. The zero-order valence-electron chi connectivity index (χ0n) is 12.3. The number of fused-ring (bicyclic) bond motifs is 1. The van der Waals surface area contributed by atoms with Crippen molar-refractivity contribution in [1.29, 1.82) is 0 Å². The molecule has 5 heteroatoms. The third-order valence-electron chi connectivity index (χ3n) is 3.72. The van der Waals surface area contributed by atoms with Crippen molar-refractivity contribution < 1.29 is 14.7 Å². The fraction of sp³-hybridized carbons (Fsp3) is 0.111. The molecule has 1 heterocycles. The molecule has 1 amide bonds. The minimum absolute atomic E-state index is 0.158. The van der Waals surface area contributed by atoms with Gasteiger partial charge in [0.15, 0.2) is 0 Å². The number of hydrogen-bond acceptors (Lipinski definition) is 3. The smallest absolute Gasteiger partial charge is 0.251 e. The molecule has 23 heavy (non-hydrogen) atoms. The summed E-state index contributed by atoms with van der Waals surface area (Å²) in [4.78, 5) is 26.6. The number of carboxylic acids is 1. The van der Waals surface area contributed by atoms with Crippen LogP contribution in [0.15, 0.2) is 60.8 Å². The molecule has 3 rings (SSSR count). The molecule has 3 aromatic rings. The lowest BCUT2D eigenvalue weighted by Gasteiger charge is -2.19. The highest BCUT2D eigenvalue weighted by molar-refractivity contribution is 5.96. The van der Waals surface area contributed by atoms with Gasteiger partial charge in [0.1, 0.15) is 0 Å². The summed E-state index contributed by atoms with van der Waals surface area (Å²) in [5, 5.41) is 14.9. The average molecular weight is 307 g/mol. The molecule has 0 aliphatic carbocycles. The standard InChI is InChI=1S/C18H16N2O3/c21-17(12-6-2-1-3-7-12)20-16(18(22)23)10-13-11-19-15-9-5-4-8-14(13)15/h1-9,11,16,19H,10H2,(H,20,21)(H,22,23)/p-1/t16-/m1/s1. The molecule has 0 aliphatic rings. The lowest BCUT2D eigenvalue weighted by molar-refractivity contribution is -0.308. The van der Waals surface area contributed by atoms with E-state index in [1.165, 1.54) is 0 Å². The molecule has 0 saturated carbocycles. The highest BCUT2D eigenvalue weighted by Crippen LogP contribution is 2.19. The fourth-order valence-electron chi connectivity index (χ4n) is 2.54. The van der Waals surface area contributed by atoms with Crippen LogP contribution >= 0.6 is 0 Å². The Morgan fingerprint density at radius 3 is 2.48 bits per heavy atom. The minimum Gasteiger partial charge on any atom is -0.548 e. The van der Waals surface area contributed by atoms with Crippen LogP contribution in [0.2, 0.25) is 0 Å². The number of carbonyl (C=O) groups is 2. The van der Waals surface area contributed by atoms with E-state index >= 15 is 0 Å². The van der Waals surface area contributed by atoms with Gasteiger partial charge in [0.25, 0.3) is 5.91 Å². The summed E-state index contributed by atoms with van der Waals surface area (Å²) in [6.07, 6.45) is 1.92. The van der Waals surface area contributed by atoms with Gasteiger partial charge in [-0.1, -0.05) is 36.4 Å². The van der Waals surface area contributed by atoms with Crippen molar-refractivity contribution in [3.63, 3.8) is 0 Å². The van der Waals surface area contributed by atoms with Crippen LogP contribution in [0.3, 0.4) is 0 Å². The molecule has 0 radical (unpaired) electrons. The van der Waals surface area contributed by atoms with Gasteiger partial charge in [0, 0.05) is 29.1 Å². The van der Waals surface area contributed by atoms with Gasteiger partial charge in [0.05, 0.1) is 12.0 Å². The van der Waals surface area contributed by atoms with Crippen molar-refractivity contribution in [2.24, 2.45) is 0 Å². The second kappa shape index (κ2) is 6.36. The zero-order chi connectivity index (χ0) is 16.2. The summed E-state index contributed by atoms with van der Waals surface area (Å²) in [5.41, 5.74) is 2.16. The summed E-state index contributed by atoms with van der Waals surface area (Å²) in [5.74, 6) is -1.74. The normalized spacial score (nSPS) is 12.0. The number of nitrogens with one attached hydrogen (secondary N) is 2. The number of hydrogen-bond donors (Lipinski definition) is 2. The predicted molar refractivity (Wildman–Crippen MR) is 84.7 cm³/mol. The van der Waals surface area contributed by atoms with E-state index in [2.05, 4.69) is 10.3 Å². The summed E-state index contributed by atoms with van der Waals surface area (Å²) in [6, 6.07) is 15.0. The largest absolute Gasteiger partial charge is 0.548 e. The van der Waals surface area contributed by atoms with Crippen LogP contribution in [0.1, 0.15) is 15.9 Å². The van der Waals surface area contributed by atoms with Gasteiger partial charge >= 0.3 is 0 Å². The zero-order valence-corrected chi connectivity index (χ0v) is 12.3. The Kier molecular flexibility index (Phi) is 4.10. The maximum absolute atomic E-state index is 12.1. The van der Waals surface area contributed by atoms with E-state index < -0.39 is 17.9 Å². The van der Waals surface area contributed by atoms with Crippen LogP contribution in [-0.2, 0) is 11.2 Å². The number of aromatic nitrogens is 1. The monoisotopic (exact) mass is 307 g/mol. The first kappa shape index (κ1) is 14.8. The minimum atomic E-state index is -1.31. The van der Waals surface area contributed by atoms with Crippen molar-refractivity contribution in [3.05, 3.63) is 71.9 Å². The molecular formula is C18H15N2O3-. The SMILES string of the molecule is O=C(N[C@H](Cc1c[nH]c2ccccc12)C(=O)[O-])c1ccccc1. The predicted octanol–water partition coefficient (Wildman–Crippen LogP) is 1.26. The summed E-state index contributed by atoms with van der Waals surface area (Å²) in [6.45, 7) is 0. The summed E-state index contributed by atoms with van der Waals surface area (Å²) in [7, 11) is 0. The van der Waals surface area contributed by atoms with E-state index in [0.717, 1.165) is 16.5 Å². The number of aromatic amines is 1. The number of rotatable bonds is 5. The van der Waals surface area contributed by atoms with Crippen LogP contribution < -0.4 is 10.4 Å². The van der Waals surface area contributed by atoms with Gasteiger partial charge in [-0.05, 0) is 23.8 Å². The van der Waals surface area contributed by atoms with Crippen molar-refractivity contribution in [2.75, 3.05) is 0 Å². The molecule has 0 aliphatic heterocycles. The summed E-state index contributed by atoms with van der Waals surface area (Å²) < 4.78 is 0. The Hall–Kier alpha value is -3.08. The molecular weight excluding hydrogens is 292 g/mol. The molecule has 2 aromatic carbocycles. The number of amides is 1. The molecule has 0 unspecified atom stereocenters. The lowest BCUT2D eigenvalue weighted by atomic mass is 10.0. The second-order valence-corrected chi connectivity index (χ2v) is 5.27. The van der Waals surface area contributed by atoms with Crippen molar-refractivity contribution in [1.82, 2.24) is 10.3 Å². The van der Waals surface area contributed by atoms with E-state index in [4.69, 9.17) is 0 Å². The van der Waals surface area contributed by atoms with Crippen molar-refractivity contribution >= 4 is 22.8 Å². The van der Waals surface area contributed by atoms with Gasteiger partial charge in [-0.25, -0.2) is 0 Å². The quantitative estimate of drug-likeness (QED) is 0.744. The molecule has 1 aromatic heterocycles. The molecule has 5 nitrogen and oxygen atoms in total. The molecule has 0 saturated heterocycles. The van der Waals surface area contributed by atoms with Gasteiger partial charge < -0.3 is 20.2 Å². The molecule has 2 N–H and O–H groups in total. The molecule has 116 valence electrons. The number of carboxylic acid groups (broad SMARTS) is 1. The fourth-order valence-corrected chi connectivity index (χ4v) is 2.54. The van der Waals surface area contributed by atoms with E-state index in [1.807, 2.05) is 24.3 Å². The number of aliphatic carboxylic acids is 1. The van der Waals surface area contributed by atoms with E-state index in [0.29, 0.717) is 5.56 Å².